The van der Waals surface area contributed by atoms with Crippen LogP contribution in [0.1, 0.15) is 17.5 Å². The Morgan fingerprint density at radius 1 is 0.829 bits per heavy atom. The van der Waals surface area contributed by atoms with Gasteiger partial charge < -0.3 is 14.7 Å². The smallest absolute Gasteiger partial charge is 0.242 e. The van der Waals surface area contributed by atoms with E-state index in [1.807, 2.05) is 72.9 Å². The predicted octanol–water partition coefficient (Wildman–Crippen LogP) is 4.65. The molecule has 0 atom stereocenters. The second-order valence-electron chi connectivity index (χ2n) is 8.39. The summed E-state index contributed by atoms with van der Waals surface area (Å²) in [5.41, 5.74) is 11.0. The average molecular weight is 467 g/mol. The van der Waals surface area contributed by atoms with E-state index in [2.05, 4.69) is 26.9 Å². The lowest BCUT2D eigenvalue weighted by atomic mass is 10.0. The normalized spacial score (nSPS) is 11.0. The molecule has 0 aliphatic heterocycles. The molecule has 7 heteroatoms. The van der Waals surface area contributed by atoms with Crippen LogP contribution in [0.3, 0.4) is 0 Å². The van der Waals surface area contributed by atoms with Gasteiger partial charge in [0.25, 0.3) is 0 Å². The number of H-pyrrole nitrogens is 2. The summed E-state index contributed by atoms with van der Waals surface area (Å²) in [7, 11) is 1.64. The van der Waals surface area contributed by atoms with Crippen LogP contribution in [-0.2, 0) is 22.4 Å². The number of fused-ring (bicyclic) bond motifs is 2. The number of hydrazine groups is 1. The Balaban J connectivity index is 1.24. The molecule has 0 unspecified atom stereocenters. The van der Waals surface area contributed by atoms with E-state index in [1.165, 1.54) is 0 Å². The molecule has 0 bridgehead atoms. The summed E-state index contributed by atoms with van der Waals surface area (Å²) in [5.74, 6) is 0.270. The van der Waals surface area contributed by atoms with E-state index in [0.29, 0.717) is 6.42 Å². The molecule has 176 valence electrons. The standard InChI is InChI=1S/C28H26N4O3/c1-35-20-12-10-18(11-13-20)28-23(22-7-3-5-9-25(22)30-28)14-15-26(33)31-32-27(34)16-19-17-29-24-8-4-2-6-21(19)24/h2-13,17,29-30H,14-16H2,1H3,(H,31,33)(H,32,34). The van der Waals surface area contributed by atoms with Gasteiger partial charge in [-0.3, -0.25) is 20.4 Å². The summed E-state index contributed by atoms with van der Waals surface area (Å²) in [4.78, 5) is 31.6. The Hall–Kier alpha value is -4.52. The Bertz CT molecular complexity index is 1500. The first-order valence-corrected chi connectivity index (χ1v) is 11.5. The number of benzene rings is 3. The summed E-state index contributed by atoms with van der Waals surface area (Å²) in [6.07, 6.45) is 2.76. The lowest BCUT2D eigenvalue weighted by Gasteiger charge is -2.09. The summed E-state index contributed by atoms with van der Waals surface area (Å²) < 4.78 is 5.27. The number of para-hydroxylation sites is 2. The van der Waals surface area contributed by atoms with Crippen molar-refractivity contribution in [3.05, 3.63) is 90.1 Å². The number of hydrogen-bond acceptors (Lipinski definition) is 3. The van der Waals surface area contributed by atoms with Crippen LogP contribution in [0.15, 0.2) is 79.0 Å². The Labute approximate surface area is 202 Å². The number of aryl methyl sites for hydroxylation is 1. The number of carbonyl (C=O) groups excluding carboxylic acids is 2. The largest absolute Gasteiger partial charge is 0.497 e. The lowest BCUT2D eigenvalue weighted by molar-refractivity contribution is -0.128. The summed E-state index contributed by atoms with van der Waals surface area (Å²) >= 11 is 0. The number of hydrogen-bond donors (Lipinski definition) is 4. The van der Waals surface area contributed by atoms with Gasteiger partial charge in [0.15, 0.2) is 0 Å². The minimum atomic E-state index is -0.269. The highest BCUT2D eigenvalue weighted by atomic mass is 16.5. The molecule has 0 fully saturated rings. The van der Waals surface area contributed by atoms with Crippen LogP contribution in [0.2, 0.25) is 0 Å². The van der Waals surface area contributed by atoms with Crippen molar-refractivity contribution in [1.82, 2.24) is 20.8 Å². The first-order valence-electron chi connectivity index (χ1n) is 11.5. The zero-order valence-electron chi connectivity index (χ0n) is 19.4. The van der Waals surface area contributed by atoms with Gasteiger partial charge >= 0.3 is 0 Å². The minimum absolute atomic E-state index is 0.175. The van der Waals surface area contributed by atoms with Crippen LogP contribution in [0.25, 0.3) is 33.1 Å². The van der Waals surface area contributed by atoms with Crippen LogP contribution >= 0.6 is 0 Å². The Morgan fingerprint density at radius 2 is 1.51 bits per heavy atom. The molecule has 35 heavy (non-hydrogen) atoms. The van der Waals surface area contributed by atoms with Crippen molar-refractivity contribution in [2.75, 3.05) is 7.11 Å². The summed E-state index contributed by atoms with van der Waals surface area (Å²) in [6, 6.07) is 23.7. The second-order valence-corrected chi connectivity index (χ2v) is 8.39. The monoisotopic (exact) mass is 466 g/mol. The zero-order valence-corrected chi connectivity index (χ0v) is 19.4. The second kappa shape index (κ2) is 9.77. The molecule has 2 amide bonds. The maximum Gasteiger partial charge on any atom is 0.242 e. The molecule has 0 saturated carbocycles. The molecule has 5 rings (SSSR count). The Morgan fingerprint density at radius 3 is 2.29 bits per heavy atom. The van der Waals surface area contributed by atoms with Gasteiger partial charge in [-0.05, 0) is 59.5 Å². The molecule has 0 saturated heterocycles. The van der Waals surface area contributed by atoms with E-state index in [9.17, 15) is 9.59 Å². The molecule has 2 heterocycles. The van der Waals surface area contributed by atoms with E-state index >= 15 is 0 Å². The highest BCUT2D eigenvalue weighted by molar-refractivity contribution is 5.92. The number of aromatic nitrogens is 2. The number of carbonyl (C=O) groups is 2. The van der Waals surface area contributed by atoms with E-state index in [0.717, 1.165) is 49.9 Å². The van der Waals surface area contributed by atoms with E-state index < -0.39 is 0 Å². The van der Waals surface area contributed by atoms with Gasteiger partial charge in [0, 0.05) is 40.1 Å². The first kappa shape index (κ1) is 22.3. The fourth-order valence-electron chi connectivity index (χ4n) is 4.40. The minimum Gasteiger partial charge on any atom is -0.497 e. The van der Waals surface area contributed by atoms with Crippen LogP contribution in [-0.4, -0.2) is 28.9 Å². The van der Waals surface area contributed by atoms with Crippen molar-refractivity contribution in [3.63, 3.8) is 0 Å². The van der Waals surface area contributed by atoms with Crippen molar-refractivity contribution >= 4 is 33.6 Å². The number of aromatic amines is 2. The highest BCUT2D eigenvalue weighted by Crippen LogP contribution is 2.32. The molecule has 0 spiro atoms. The predicted molar refractivity (Wildman–Crippen MR) is 137 cm³/mol. The zero-order chi connectivity index (χ0) is 24.2. The van der Waals surface area contributed by atoms with E-state index in [1.54, 1.807) is 7.11 Å². The van der Waals surface area contributed by atoms with Gasteiger partial charge in [-0.25, -0.2) is 0 Å². The summed E-state index contributed by atoms with van der Waals surface area (Å²) in [5, 5.41) is 2.08. The third-order valence-electron chi connectivity index (χ3n) is 6.16. The summed E-state index contributed by atoms with van der Waals surface area (Å²) in [6.45, 7) is 0. The fourth-order valence-corrected chi connectivity index (χ4v) is 4.40. The van der Waals surface area contributed by atoms with Crippen molar-refractivity contribution in [2.24, 2.45) is 0 Å². The van der Waals surface area contributed by atoms with E-state index in [-0.39, 0.29) is 24.7 Å². The Kier molecular flexibility index (Phi) is 6.22. The number of methoxy groups -OCH3 is 1. The molecule has 5 aromatic rings. The maximum absolute atomic E-state index is 12.6. The topological polar surface area (TPSA) is 99.0 Å². The SMILES string of the molecule is COc1ccc(-c2[nH]c3ccccc3c2CCC(=O)NNC(=O)Cc2c[nH]c3ccccc23)cc1. The van der Waals surface area contributed by atoms with Gasteiger partial charge in [0.1, 0.15) is 5.75 Å². The number of amides is 2. The highest BCUT2D eigenvalue weighted by Gasteiger charge is 2.15. The first-order chi connectivity index (χ1) is 17.1. The van der Waals surface area contributed by atoms with Gasteiger partial charge in [-0.2, -0.15) is 0 Å². The van der Waals surface area contributed by atoms with Gasteiger partial charge in [0.2, 0.25) is 11.8 Å². The molecule has 0 radical (unpaired) electrons. The van der Waals surface area contributed by atoms with Crippen molar-refractivity contribution in [1.29, 1.82) is 0 Å². The number of ether oxygens (including phenoxy) is 1. The van der Waals surface area contributed by atoms with Crippen LogP contribution in [0.4, 0.5) is 0 Å². The molecule has 2 aromatic heterocycles. The van der Waals surface area contributed by atoms with Crippen LogP contribution in [0, 0.1) is 0 Å². The lowest BCUT2D eigenvalue weighted by Crippen LogP contribution is -2.42. The number of nitrogens with one attached hydrogen (secondary N) is 4. The molecule has 3 aromatic carbocycles. The average Bonchev–Trinajstić information content (AvgIpc) is 3.47. The van der Waals surface area contributed by atoms with Gasteiger partial charge in [-0.1, -0.05) is 36.4 Å². The third kappa shape index (κ3) is 4.75. The third-order valence-corrected chi connectivity index (χ3v) is 6.16. The molecule has 0 aliphatic rings. The molecular weight excluding hydrogens is 440 g/mol. The number of rotatable bonds is 7. The molecule has 7 nitrogen and oxygen atoms in total. The maximum atomic E-state index is 12.6. The van der Waals surface area contributed by atoms with Crippen molar-refractivity contribution < 1.29 is 14.3 Å². The molecule has 4 N–H and O–H groups in total. The molecule has 0 aliphatic carbocycles. The van der Waals surface area contributed by atoms with E-state index in [4.69, 9.17) is 4.74 Å². The van der Waals surface area contributed by atoms with Crippen LogP contribution in [0.5, 0.6) is 5.75 Å². The fraction of sp³-hybridized carbons (Fsp3) is 0.143. The van der Waals surface area contributed by atoms with Crippen molar-refractivity contribution in [3.8, 4) is 17.0 Å². The van der Waals surface area contributed by atoms with Crippen LogP contribution < -0.4 is 15.6 Å². The van der Waals surface area contributed by atoms with Gasteiger partial charge in [-0.15, -0.1) is 0 Å². The quantitative estimate of drug-likeness (QED) is 0.263. The van der Waals surface area contributed by atoms with Crippen molar-refractivity contribution in [2.45, 2.75) is 19.3 Å². The van der Waals surface area contributed by atoms with Gasteiger partial charge in [0.05, 0.1) is 13.5 Å². The molecular formula is C28H26N4O3.